The molecule has 0 aromatic heterocycles. The van der Waals surface area contributed by atoms with Gasteiger partial charge in [0.05, 0.1) is 6.10 Å². The van der Waals surface area contributed by atoms with E-state index < -0.39 is 0 Å². The molecule has 2 heteroatoms. The van der Waals surface area contributed by atoms with E-state index >= 15 is 0 Å². The van der Waals surface area contributed by atoms with Gasteiger partial charge in [0.25, 0.3) is 0 Å². The van der Waals surface area contributed by atoms with Gasteiger partial charge in [0.2, 0.25) is 0 Å². The van der Waals surface area contributed by atoms with Crippen LogP contribution in [-0.4, -0.2) is 19.2 Å². The molecular formula is C17H29NO. The number of benzene rings is 1. The van der Waals surface area contributed by atoms with Crippen LogP contribution in [0.1, 0.15) is 57.3 Å². The van der Waals surface area contributed by atoms with Crippen molar-refractivity contribution in [2.45, 2.75) is 59.1 Å². The molecule has 0 saturated carbocycles. The van der Waals surface area contributed by atoms with E-state index in [9.17, 15) is 0 Å². The van der Waals surface area contributed by atoms with Gasteiger partial charge in [0, 0.05) is 19.2 Å². The van der Waals surface area contributed by atoms with Gasteiger partial charge in [-0.05, 0) is 18.9 Å². The van der Waals surface area contributed by atoms with Crippen LogP contribution >= 0.6 is 0 Å². The largest absolute Gasteiger partial charge is 0.372 e. The molecule has 1 atom stereocenters. The lowest BCUT2D eigenvalue weighted by Crippen LogP contribution is -2.29. The van der Waals surface area contributed by atoms with Crippen molar-refractivity contribution in [1.82, 2.24) is 5.32 Å². The second-order valence-electron chi connectivity index (χ2n) is 5.54. The molecule has 19 heavy (non-hydrogen) atoms. The number of hydrogen-bond acceptors (Lipinski definition) is 2. The van der Waals surface area contributed by atoms with Gasteiger partial charge in [-0.3, -0.25) is 0 Å². The van der Waals surface area contributed by atoms with E-state index in [4.69, 9.17) is 4.74 Å². The first kappa shape index (κ1) is 16.2. The standard InChI is InChI=1S/C17H29NO/c1-5-6-7-12-19-17(13-18-14(2)3)16-10-8-15(4)9-11-16/h8-11,14,17-18H,5-7,12-13H2,1-4H3. The Morgan fingerprint density at radius 3 is 2.37 bits per heavy atom. The van der Waals surface area contributed by atoms with Gasteiger partial charge in [0.1, 0.15) is 0 Å². The molecule has 0 aliphatic carbocycles. The highest BCUT2D eigenvalue weighted by atomic mass is 16.5. The SMILES string of the molecule is CCCCCOC(CNC(C)C)c1ccc(C)cc1. The zero-order valence-corrected chi connectivity index (χ0v) is 12.9. The molecule has 1 aromatic carbocycles. The molecule has 1 rings (SSSR count). The first-order chi connectivity index (χ1) is 9.13. The number of hydrogen-bond donors (Lipinski definition) is 1. The van der Waals surface area contributed by atoms with Crippen LogP contribution < -0.4 is 5.32 Å². The van der Waals surface area contributed by atoms with E-state index in [2.05, 4.69) is 57.3 Å². The number of ether oxygens (including phenoxy) is 1. The summed E-state index contributed by atoms with van der Waals surface area (Å²) in [6.07, 6.45) is 3.81. The fourth-order valence-electron chi connectivity index (χ4n) is 1.97. The maximum absolute atomic E-state index is 6.06. The summed E-state index contributed by atoms with van der Waals surface area (Å²) in [4.78, 5) is 0. The minimum Gasteiger partial charge on any atom is -0.372 e. The summed E-state index contributed by atoms with van der Waals surface area (Å²) in [5, 5.41) is 3.47. The third-order valence-corrected chi connectivity index (χ3v) is 3.23. The summed E-state index contributed by atoms with van der Waals surface area (Å²) in [5.74, 6) is 0. The summed E-state index contributed by atoms with van der Waals surface area (Å²) in [6, 6.07) is 9.18. The number of aryl methyl sites for hydroxylation is 1. The molecule has 2 nitrogen and oxygen atoms in total. The van der Waals surface area contributed by atoms with Crippen molar-refractivity contribution in [3.63, 3.8) is 0 Å². The van der Waals surface area contributed by atoms with Crippen LogP contribution in [0.25, 0.3) is 0 Å². The van der Waals surface area contributed by atoms with Crippen molar-refractivity contribution >= 4 is 0 Å². The first-order valence-corrected chi connectivity index (χ1v) is 7.55. The third-order valence-electron chi connectivity index (χ3n) is 3.23. The predicted molar refractivity (Wildman–Crippen MR) is 82.5 cm³/mol. The number of rotatable bonds is 9. The average Bonchev–Trinajstić information content (AvgIpc) is 2.39. The van der Waals surface area contributed by atoms with Crippen LogP contribution in [0, 0.1) is 6.92 Å². The third kappa shape index (κ3) is 6.74. The Bertz CT molecular complexity index is 332. The lowest BCUT2D eigenvalue weighted by atomic mass is 10.1. The number of unbranched alkanes of at least 4 members (excludes halogenated alkanes) is 2. The second-order valence-corrected chi connectivity index (χ2v) is 5.54. The Hall–Kier alpha value is -0.860. The normalized spacial score (nSPS) is 12.9. The molecule has 0 radical (unpaired) electrons. The van der Waals surface area contributed by atoms with E-state index in [1.54, 1.807) is 0 Å². The molecule has 1 unspecified atom stereocenters. The van der Waals surface area contributed by atoms with E-state index in [0.29, 0.717) is 6.04 Å². The summed E-state index contributed by atoms with van der Waals surface area (Å²) < 4.78 is 6.06. The number of nitrogens with one attached hydrogen (secondary N) is 1. The molecule has 0 spiro atoms. The van der Waals surface area contributed by atoms with Crippen LogP contribution in [0.15, 0.2) is 24.3 Å². The molecule has 0 heterocycles. The summed E-state index contributed by atoms with van der Waals surface area (Å²) in [5.41, 5.74) is 2.57. The van der Waals surface area contributed by atoms with Crippen LogP contribution in [0.2, 0.25) is 0 Å². The summed E-state index contributed by atoms with van der Waals surface area (Å²) >= 11 is 0. The van der Waals surface area contributed by atoms with Crippen LogP contribution in [0.4, 0.5) is 0 Å². The predicted octanol–water partition coefficient (Wildman–Crippen LogP) is 4.24. The minimum absolute atomic E-state index is 0.167. The van der Waals surface area contributed by atoms with Gasteiger partial charge < -0.3 is 10.1 Å². The molecule has 0 aliphatic rings. The molecule has 0 bridgehead atoms. The highest BCUT2D eigenvalue weighted by Crippen LogP contribution is 2.18. The van der Waals surface area contributed by atoms with Crippen molar-refractivity contribution in [1.29, 1.82) is 0 Å². The highest BCUT2D eigenvalue weighted by Gasteiger charge is 2.12. The molecule has 0 saturated heterocycles. The van der Waals surface area contributed by atoms with Gasteiger partial charge >= 0.3 is 0 Å². The van der Waals surface area contributed by atoms with Gasteiger partial charge in [-0.25, -0.2) is 0 Å². The van der Waals surface area contributed by atoms with Crippen LogP contribution in [0.5, 0.6) is 0 Å². The van der Waals surface area contributed by atoms with Crippen molar-refractivity contribution in [3.8, 4) is 0 Å². The van der Waals surface area contributed by atoms with E-state index in [1.807, 2.05) is 0 Å². The van der Waals surface area contributed by atoms with Gasteiger partial charge in [-0.1, -0.05) is 63.4 Å². The van der Waals surface area contributed by atoms with Crippen molar-refractivity contribution in [2.24, 2.45) is 0 Å². The van der Waals surface area contributed by atoms with Crippen molar-refractivity contribution in [3.05, 3.63) is 35.4 Å². The quantitative estimate of drug-likeness (QED) is 0.673. The topological polar surface area (TPSA) is 21.3 Å². The van der Waals surface area contributed by atoms with Gasteiger partial charge in [-0.15, -0.1) is 0 Å². The lowest BCUT2D eigenvalue weighted by molar-refractivity contribution is 0.0487. The van der Waals surface area contributed by atoms with Gasteiger partial charge in [0.15, 0.2) is 0 Å². The monoisotopic (exact) mass is 263 g/mol. The highest BCUT2D eigenvalue weighted by molar-refractivity contribution is 5.23. The molecule has 1 aromatic rings. The Morgan fingerprint density at radius 1 is 1.11 bits per heavy atom. The Labute approximate surface area is 118 Å². The average molecular weight is 263 g/mol. The zero-order valence-electron chi connectivity index (χ0n) is 12.9. The zero-order chi connectivity index (χ0) is 14.1. The first-order valence-electron chi connectivity index (χ1n) is 7.55. The van der Waals surface area contributed by atoms with E-state index in [-0.39, 0.29) is 6.10 Å². The Morgan fingerprint density at radius 2 is 1.79 bits per heavy atom. The molecule has 0 fully saturated rings. The molecule has 0 aliphatic heterocycles. The Balaban J connectivity index is 2.54. The lowest BCUT2D eigenvalue weighted by Gasteiger charge is -2.20. The van der Waals surface area contributed by atoms with Crippen LogP contribution in [-0.2, 0) is 4.74 Å². The van der Waals surface area contributed by atoms with E-state index in [1.165, 1.54) is 24.0 Å². The molecule has 108 valence electrons. The smallest absolute Gasteiger partial charge is 0.0949 e. The summed E-state index contributed by atoms with van der Waals surface area (Å²) in [7, 11) is 0. The van der Waals surface area contributed by atoms with Gasteiger partial charge in [-0.2, -0.15) is 0 Å². The van der Waals surface area contributed by atoms with Crippen LogP contribution in [0.3, 0.4) is 0 Å². The maximum Gasteiger partial charge on any atom is 0.0949 e. The van der Waals surface area contributed by atoms with Crippen molar-refractivity contribution < 1.29 is 4.74 Å². The molecule has 0 amide bonds. The second kappa shape index (κ2) is 9.11. The van der Waals surface area contributed by atoms with E-state index in [0.717, 1.165) is 19.6 Å². The summed E-state index contributed by atoms with van der Waals surface area (Å²) in [6.45, 7) is 10.4. The fourth-order valence-corrected chi connectivity index (χ4v) is 1.97. The molecular weight excluding hydrogens is 234 g/mol. The fraction of sp³-hybridized carbons (Fsp3) is 0.647. The van der Waals surface area contributed by atoms with Crippen molar-refractivity contribution in [2.75, 3.05) is 13.2 Å². The minimum atomic E-state index is 0.167. The Kier molecular flexibility index (Phi) is 7.76. The maximum atomic E-state index is 6.06. The molecule has 1 N–H and O–H groups in total.